The van der Waals surface area contributed by atoms with Gasteiger partial charge in [0.2, 0.25) is 5.91 Å². The Hall–Kier alpha value is -1.38. The number of hydrogen-bond donors (Lipinski definition) is 2. The summed E-state index contributed by atoms with van der Waals surface area (Å²) >= 11 is 0. The summed E-state index contributed by atoms with van der Waals surface area (Å²) < 4.78 is 11.3. The van der Waals surface area contributed by atoms with Crippen molar-refractivity contribution in [2.45, 2.75) is 44.3 Å². The first-order valence-electron chi connectivity index (χ1n) is 9.24. The molecule has 0 bridgehead atoms. The van der Waals surface area contributed by atoms with Crippen molar-refractivity contribution in [1.82, 2.24) is 15.3 Å². The molecule has 2 saturated heterocycles. The molecule has 2 heterocycles. The van der Waals surface area contributed by atoms with Crippen molar-refractivity contribution in [1.29, 1.82) is 0 Å². The van der Waals surface area contributed by atoms with Crippen molar-refractivity contribution in [3.8, 4) is 0 Å². The molecule has 0 spiro atoms. The number of piperidine rings is 1. The van der Waals surface area contributed by atoms with Gasteiger partial charge in [0.1, 0.15) is 0 Å². The van der Waals surface area contributed by atoms with Gasteiger partial charge in [0.25, 0.3) is 0 Å². The van der Waals surface area contributed by atoms with Crippen LogP contribution in [0.4, 0.5) is 4.79 Å². The van der Waals surface area contributed by atoms with E-state index in [2.05, 4.69) is 0 Å². The first kappa shape index (κ1) is 18.4. The number of methoxy groups -OCH3 is 1. The molecule has 3 unspecified atom stereocenters. The zero-order valence-corrected chi connectivity index (χ0v) is 14.9. The summed E-state index contributed by atoms with van der Waals surface area (Å²) in [4.78, 5) is 28.3. The van der Waals surface area contributed by atoms with Gasteiger partial charge < -0.3 is 19.3 Å². The normalized spacial score (nSPS) is 31.2. The maximum Gasteiger partial charge on any atom is 0.320 e. The first-order valence-corrected chi connectivity index (χ1v) is 9.24. The monoisotopic (exact) mass is 355 g/mol. The summed E-state index contributed by atoms with van der Waals surface area (Å²) in [7, 11) is 1.72. The van der Waals surface area contributed by atoms with Crippen molar-refractivity contribution < 1.29 is 24.3 Å². The zero-order valence-electron chi connectivity index (χ0n) is 14.9. The fourth-order valence-corrected chi connectivity index (χ4v) is 4.28. The molecule has 25 heavy (non-hydrogen) atoms. The lowest BCUT2D eigenvalue weighted by molar-refractivity contribution is -0.137. The number of urea groups is 1. The lowest BCUT2D eigenvalue weighted by atomic mass is 9.79. The number of ether oxygens (including phenoxy) is 2. The van der Waals surface area contributed by atoms with E-state index in [4.69, 9.17) is 14.7 Å². The average Bonchev–Trinajstić information content (AvgIpc) is 2.88. The summed E-state index contributed by atoms with van der Waals surface area (Å²) in [5.74, 6) is -0.285. The molecule has 0 radical (unpaired) electrons. The van der Waals surface area contributed by atoms with Gasteiger partial charge >= 0.3 is 6.03 Å². The van der Waals surface area contributed by atoms with Crippen LogP contribution < -0.4 is 5.48 Å². The molecule has 0 aromatic carbocycles. The third kappa shape index (κ3) is 4.24. The molecule has 0 aromatic rings. The van der Waals surface area contributed by atoms with E-state index in [1.165, 1.54) is 0 Å². The second-order valence-corrected chi connectivity index (χ2v) is 7.31. The van der Waals surface area contributed by atoms with Gasteiger partial charge in [-0.25, -0.2) is 10.3 Å². The van der Waals surface area contributed by atoms with Crippen molar-refractivity contribution in [3.63, 3.8) is 0 Å². The molecule has 8 nitrogen and oxygen atoms in total. The second-order valence-electron chi connectivity index (χ2n) is 7.31. The van der Waals surface area contributed by atoms with Crippen LogP contribution in [0.5, 0.6) is 0 Å². The Labute approximate surface area is 148 Å². The van der Waals surface area contributed by atoms with E-state index in [1.54, 1.807) is 12.6 Å². The highest BCUT2D eigenvalue weighted by Gasteiger charge is 2.38. The number of likely N-dealkylation sites (tertiary alicyclic amines) is 1. The Morgan fingerprint density at radius 3 is 2.56 bits per heavy atom. The maximum absolute atomic E-state index is 12.9. The molecule has 1 saturated carbocycles. The van der Waals surface area contributed by atoms with Crippen LogP contribution in [0.3, 0.4) is 0 Å². The summed E-state index contributed by atoms with van der Waals surface area (Å²) in [6.07, 6.45) is 4.17. The minimum atomic E-state index is -0.333. The number of carbonyl (C=O) groups is 2. The number of hydroxylamine groups is 1. The molecular formula is C17H29N3O5. The largest absolute Gasteiger partial charge is 0.381 e. The van der Waals surface area contributed by atoms with E-state index < -0.39 is 0 Å². The number of rotatable bonds is 2. The summed E-state index contributed by atoms with van der Waals surface area (Å²) in [5.41, 5.74) is 1.75. The van der Waals surface area contributed by atoms with Crippen LogP contribution in [0, 0.1) is 11.8 Å². The van der Waals surface area contributed by atoms with Crippen molar-refractivity contribution in [3.05, 3.63) is 0 Å². The van der Waals surface area contributed by atoms with Crippen LogP contribution in [0.15, 0.2) is 0 Å². The number of nitrogens with zero attached hydrogens (tertiary/aromatic N) is 2. The van der Waals surface area contributed by atoms with Crippen molar-refractivity contribution in [2.75, 3.05) is 39.9 Å². The van der Waals surface area contributed by atoms with E-state index in [1.807, 2.05) is 9.80 Å². The maximum atomic E-state index is 12.9. The molecule has 3 amide bonds. The minimum Gasteiger partial charge on any atom is -0.381 e. The van der Waals surface area contributed by atoms with Gasteiger partial charge in [-0.3, -0.25) is 10.0 Å². The van der Waals surface area contributed by atoms with Gasteiger partial charge in [0.05, 0.1) is 18.8 Å². The summed E-state index contributed by atoms with van der Waals surface area (Å²) in [5, 5.41) is 8.83. The highest BCUT2D eigenvalue weighted by molar-refractivity contribution is 5.77. The third-order valence-corrected chi connectivity index (χ3v) is 5.87. The molecule has 2 aliphatic heterocycles. The molecule has 3 aliphatic rings. The fraction of sp³-hybridized carbons (Fsp3) is 0.882. The fourth-order valence-electron chi connectivity index (χ4n) is 4.28. The smallest absolute Gasteiger partial charge is 0.320 e. The Bertz CT molecular complexity index is 481. The molecule has 2 N–H and O–H groups in total. The highest BCUT2D eigenvalue weighted by atomic mass is 16.5. The Morgan fingerprint density at radius 1 is 1.12 bits per heavy atom. The predicted molar refractivity (Wildman–Crippen MR) is 89.1 cm³/mol. The zero-order chi connectivity index (χ0) is 17.8. The highest BCUT2D eigenvalue weighted by Crippen LogP contribution is 2.33. The number of carbonyl (C=O) groups excluding carboxylic acids is 2. The summed E-state index contributed by atoms with van der Waals surface area (Å²) in [6, 6.07) is 0.0917. The van der Waals surface area contributed by atoms with Crippen molar-refractivity contribution in [2.24, 2.45) is 11.8 Å². The standard InChI is InChI=1S/C17H29N3O5/c1-24-14-4-6-19(7-5-14)17(22)20-8-9-25-15-10-12(16(21)18-23)2-3-13(15)11-20/h12-15,23H,2-11H2,1H3,(H,18,21). The van der Waals surface area contributed by atoms with E-state index in [0.717, 1.165) is 38.8 Å². The molecule has 8 heteroatoms. The second kappa shape index (κ2) is 8.33. The molecule has 3 fully saturated rings. The lowest BCUT2D eigenvalue weighted by Crippen LogP contribution is -2.50. The molecular weight excluding hydrogens is 326 g/mol. The van der Waals surface area contributed by atoms with E-state index in [-0.39, 0.29) is 36.0 Å². The lowest BCUT2D eigenvalue weighted by Gasteiger charge is -2.37. The Kier molecular flexibility index (Phi) is 6.14. The van der Waals surface area contributed by atoms with Crippen LogP contribution in [0.25, 0.3) is 0 Å². The van der Waals surface area contributed by atoms with E-state index >= 15 is 0 Å². The molecule has 1 aliphatic carbocycles. The van der Waals surface area contributed by atoms with Gasteiger partial charge in [0.15, 0.2) is 0 Å². The van der Waals surface area contributed by atoms with E-state index in [0.29, 0.717) is 26.1 Å². The predicted octanol–water partition coefficient (Wildman–Crippen LogP) is 0.840. The molecule has 3 rings (SSSR count). The number of amides is 3. The Morgan fingerprint density at radius 2 is 1.88 bits per heavy atom. The molecule has 0 aromatic heterocycles. The van der Waals surface area contributed by atoms with Crippen molar-refractivity contribution >= 4 is 11.9 Å². The Balaban J connectivity index is 1.55. The average molecular weight is 355 g/mol. The van der Waals surface area contributed by atoms with Crippen LogP contribution in [-0.4, -0.2) is 79.0 Å². The van der Waals surface area contributed by atoms with Gasteiger partial charge in [-0.15, -0.1) is 0 Å². The van der Waals surface area contributed by atoms with Crippen LogP contribution >= 0.6 is 0 Å². The SMILES string of the molecule is COC1CCN(C(=O)N2CCOC3CC(C(=O)NO)CCC3C2)CC1. The van der Waals surface area contributed by atoms with Gasteiger partial charge in [0, 0.05) is 45.1 Å². The van der Waals surface area contributed by atoms with Gasteiger partial charge in [-0.2, -0.15) is 0 Å². The summed E-state index contributed by atoms with van der Waals surface area (Å²) in [6.45, 7) is 3.24. The molecule has 3 atom stereocenters. The van der Waals surface area contributed by atoms with Crippen LogP contribution in [0.1, 0.15) is 32.1 Å². The number of nitrogens with one attached hydrogen (secondary N) is 1. The quantitative estimate of drug-likeness (QED) is 0.566. The van der Waals surface area contributed by atoms with E-state index in [9.17, 15) is 9.59 Å². The van der Waals surface area contributed by atoms with Crippen LogP contribution in [-0.2, 0) is 14.3 Å². The number of hydrogen-bond acceptors (Lipinski definition) is 5. The number of fused-ring (bicyclic) bond motifs is 1. The first-order chi connectivity index (χ1) is 12.1. The molecule has 142 valence electrons. The van der Waals surface area contributed by atoms with Gasteiger partial charge in [-0.1, -0.05) is 0 Å². The minimum absolute atomic E-state index is 0.0203. The third-order valence-electron chi connectivity index (χ3n) is 5.87. The topological polar surface area (TPSA) is 91.3 Å². The van der Waals surface area contributed by atoms with Gasteiger partial charge in [-0.05, 0) is 32.1 Å². The van der Waals surface area contributed by atoms with Crippen LogP contribution in [0.2, 0.25) is 0 Å².